The van der Waals surface area contributed by atoms with E-state index in [1.807, 2.05) is 13.0 Å². The van der Waals surface area contributed by atoms with Gasteiger partial charge in [0, 0.05) is 22.6 Å². The summed E-state index contributed by atoms with van der Waals surface area (Å²) in [4.78, 5) is 1.24. The van der Waals surface area contributed by atoms with Gasteiger partial charge in [0.1, 0.15) is 11.0 Å². The Bertz CT molecular complexity index is 1000. The Morgan fingerprint density at radius 3 is 2.46 bits per heavy atom. The van der Waals surface area contributed by atoms with E-state index in [0.29, 0.717) is 4.80 Å². The minimum absolute atomic E-state index is 0.0233. The van der Waals surface area contributed by atoms with E-state index in [1.54, 1.807) is 11.6 Å². The van der Waals surface area contributed by atoms with E-state index in [-0.39, 0.29) is 20.9 Å². The smallest absolute Gasteiger partial charge is 0.286 e. The first-order chi connectivity index (χ1) is 11.0. The van der Waals surface area contributed by atoms with E-state index in [9.17, 15) is 8.42 Å². The first kappa shape index (κ1) is 18.7. The Labute approximate surface area is 150 Å². The summed E-state index contributed by atoms with van der Waals surface area (Å²) in [6.45, 7) is 8.13. The molecule has 128 valence electrons. The summed E-state index contributed by atoms with van der Waals surface area (Å²) in [5.41, 5.74) is 0.876. The predicted molar refractivity (Wildman–Crippen MR) is 95.6 cm³/mol. The van der Waals surface area contributed by atoms with Crippen LogP contribution in [-0.2, 0) is 22.5 Å². The molecule has 0 aliphatic rings. The Hall–Kier alpha value is -1.62. The number of hydrogen-bond acceptors (Lipinski definition) is 4. The third-order valence-electron chi connectivity index (χ3n) is 3.53. The lowest BCUT2D eigenvalue weighted by molar-refractivity contribution is 0.591. The zero-order valence-corrected chi connectivity index (χ0v) is 16.5. The number of nitriles is 1. The summed E-state index contributed by atoms with van der Waals surface area (Å²) in [5.74, 6) is 0. The van der Waals surface area contributed by atoms with Gasteiger partial charge in [-0.05, 0) is 30.5 Å². The van der Waals surface area contributed by atoms with Crippen molar-refractivity contribution in [2.24, 2.45) is 11.4 Å². The highest BCUT2D eigenvalue weighted by atomic mass is 35.5. The average Bonchev–Trinajstić information content (AvgIpc) is 2.75. The second-order valence-electron chi connectivity index (χ2n) is 6.43. The molecule has 0 radical (unpaired) electrons. The van der Waals surface area contributed by atoms with Crippen LogP contribution in [0.15, 0.2) is 27.5 Å². The van der Waals surface area contributed by atoms with Crippen LogP contribution in [0.3, 0.4) is 0 Å². The quantitative estimate of drug-likeness (QED) is 0.796. The highest BCUT2D eigenvalue weighted by Gasteiger charge is 2.23. The molecule has 0 saturated carbocycles. The summed E-state index contributed by atoms with van der Waals surface area (Å²) < 4.78 is 31.0. The Morgan fingerprint density at radius 2 is 1.96 bits per heavy atom. The fourth-order valence-corrected chi connectivity index (χ4v) is 5.08. The lowest BCUT2D eigenvalue weighted by atomic mass is 9.93. The highest BCUT2D eigenvalue weighted by Crippen LogP contribution is 2.28. The lowest BCUT2D eigenvalue weighted by Gasteiger charge is -2.17. The maximum Gasteiger partial charge on any atom is 0.286 e. The highest BCUT2D eigenvalue weighted by molar-refractivity contribution is 7.90. The van der Waals surface area contributed by atoms with Crippen LogP contribution in [0, 0.1) is 18.3 Å². The molecule has 0 saturated heterocycles. The molecular weight excluding hydrogens is 366 g/mol. The first-order valence-electron chi connectivity index (χ1n) is 7.15. The number of sulfonamides is 1. The monoisotopic (exact) mass is 383 g/mol. The van der Waals surface area contributed by atoms with Crippen molar-refractivity contribution >= 4 is 33.0 Å². The van der Waals surface area contributed by atoms with E-state index in [1.165, 1.54) is 29.5 Å². The van der Waals surface area contributed by atoms with E-state index in [4.69, 9.17) is 16.9 Å². The molecule has 0 spiro atoms. The summed E-state index contributed by atoms with van der Waals surface area (Å²) in [7, 11) is -2.27. The number of rotatable bonds is 2. The molecule has 2 rings (SSSR count). The van der Waals surface area contributed by atoms with Gasteiger partial charge in [-0.1, -0.05) is 32.4 Å². The molecule has 0 atom stereocenters. The molecule has 1 aromatic carbocycles. The second kappa shape index (κ2) is 6.36. The molecular formula is C16H18ClN3O2S2. The van der Waals surface area contributed by atoms with Crippen LogP contribution in [-0.4, -0.2) is 13.0 Å². The normalized spacial score (nSPS) is 13.1. The maximum absolute atomic E-state index is 12.7. The third kappa shape index (κ3) is 3.56. The molecule has 8 heteroatoms. The molecule has 2 aromatic rings. The van der Waals surface area contributed by atoms with Crippen molar-refractivity contribution < 1.29 is 8.42 Å². The van der Waals surface area contributed by atoms with Crippen LogP contribution < -0.4 is 4.80 Å². The van der Waals surface area contributed by atoms with Gasteiger partial charge in [-0.3, -0.25) is 0 Å². The number of aromatic nitrogens is 1. The van der Waals surface area contributed by atoms with Gasteiger partial charge in [0.05, 0.1) is 5.56 Å². The first-order valence-corrected chi connectivity index (χ1v) is 9.78. The van der Waals surface area contributed by atoms with Crippen molar-refractivity contribution in [3.05, 3.63) is 44.2 Å². The lowest BCUT2D eigenvalue weighted by Crippen LogP contribution is -2.15. The van der Waals surface area contributed by atoms with Crippen molar-refractivity contribution in [1.82, 2.24) is 4.57 Å². The zero-order valence-electron chi connectivity index (χ0n) is 14.1. The molecule has 0 N–H and O–H groups in total. The summed E-state index contributed by atoms with van der Waals surface area (Å²) in [6, 6.07) is 5.98. The number of thiazole rings is 1. The van der Waals surface area contributed by atoms with Crippen molar-refractivity contribution in [3.8, 4) is 6.07 Å². The standard InChI is InChI=1S/C16H18ClN3O2S2/c1-10-14(16(2,3)4)23-15(20(10)5)19-24(21,22)13-8-12(17)7-6-11(13)9-18/h6-8H,1-5H3/b19-15-. The second-order valence-corrected chi connectivity index (χ2v) is 9.41. The van der Waals surface area contributed by atoms with E-state index in [0.717, 1.165) is 10.6 Å². The maximum atomic E-state index is 12.7. The third-order valence-corrected chi connectivity index (χ3v) is 6.85. The van der Waals surface area contributed by atoms with Gasteiger partial charge >= 0.3 is 0 Å². The van der Waals surface area contributed by atoms with Gasteiger partial charge in [-0.2, -0.15) is 13.7 Å². The minimum atomic E-state index is -4.04. The molecule has 0 amide bonds. The van der Waals surface area contributed by atoms with Crippen LogP contribution in [0.1, 0.15) is 36.9 Å². The van der Waals surface area contributed by atoms with Crippen molar-refractivity contribution in [2.75, 3.05) is 0 Å². The Balaban J connectivity index is 2.73. The van der Waals surface area contributed by atoms with Crippen molar-refractivity contribution in [3.63, 3.8) is 0 Å². The zero-order chi connectivity index (χ0) is 18.3. The summed E-state index contributed by atoms with van der Waals surface area (Å²) in [5, 5.41) is 9.39. The fourth-order valence-electron chi connectivity index (χ4n) is 2.26. The average molecular weight is 384 g/mol. The summed E-state index contributed by atoms with van der Waals surface area (Å²) >= 11 is 7.22. The molecule has 24 heavy (non-hydrogen) atoms. The number of benzene rings is 1. The topological polar surface area (TPSA) is 75.2 Å². The predicted octanol–water partition coefficient (Wildman–Crippen LogP) is 3.51. The van der Waals surface area contributed by atoms with Gasteiger partial charge in [0.15, 0.2) is 0 Å². The van der Waals surface area contributed by atoms with Gasteiger partial charge in [0.2, 0.25) is 4.80 Å². The molecule has 0 bridgehead atoms. The molecule has 1 aromatic heterocycles. The summed E-state index contributed by atoms with van der Waals surface area (Å²) in [6.07, 6.45) is 0. The van der Waals surface area contributed by atoms with Crippen LogP contribution in [0.5, 0.6) is 0 Å². The van der Waals surface area contributed by atoms with Gasteiger partial charge in [-0.15, -0.1) is 15.7 Å². The van der Waals surface area contributed by atoms with Gasteiger partial charge in [-0.25, -0.2) is 0 Å². The van der Waals surface area contributed by atoms with Crippen molar-refractivity contribution in [1.29, 1.82) is 5.26 Å². The number of hydrogen-bond donors (Lipinski definition) is 0. The van der Waals surface area contributed by atoms with Crippen LogP contribution >= 0.6 is 22.9 Å². The van der Waals surface area contributed by atoms with Crippen LogP contribution in [0.25, 0.3) is 0 Å². The molecule has 1 heterocycles. The minimum Gasteiger partial charge on any atom is -0.323 e. The van der Waals surface area contributed by atoms with E-state index in [2.05, 4.69) is 25.2 Å². The Morgan fingerprint density at radius 1 is 1.33 bits per heavy atom. The largest absolute Gasteiger partial charge is 0.323 e. The molecule has 5 nitrogen and oxygen atoms in total. The SMILES string of the molecule is Cc1c(C(C)(C)C)s/c(=N\S(=O)(=O)c2cc(Cl)ccc2C#N)n1C. The van der Waals surface area contributed by atoms with E-state index < -0.39 is 10.0 Å². The number of halogens is 1. The molecule has 0 unspecified atom stereocenters. The van der Waals surface area contributed by atoms with E-state index >= 15 is 0 Å². The molecule has 0 fully saturated rings. The number of nitrogens with zero attached hydrogens (tertiary/aromatic N) is 3. The van der Waals surface area contributed by atoms with Gasteiger partial charge in [0.25, 0.3) is 10.0 Å². The molecule has 0 aliphatic heterocycles. The van der Waals surface area contributed by atoms with Gasteiger partial charge < -0.3 is 4.57 Å². The fraction of sp³-hybridized carbons (Fsp3) is 0.375. The van der Waals surface area contributed by atoms with Crippen LogP contribution in [0.2, 0.25) is 5.02 Å². The Kier molecular flexibility index (Phi) is 4.96. The van der Waals surface area contributed by atoms with Crippen LogP contribution in [0.4, 0.5) is 0 Å². The van der Waals surface area contributed by atoms with Crippen molar-refractivity contribution in [2.45, 2.75) is 38.0 Å². The molecule has 0 aliphatic carbocycles.